The zero-order chi connectivity index (χ0) is 17.0. The quantitative estimate of drug-likeness (QED) is 0.686. The molecule has 0 saturated heterocycles. The predicted octanol–water partition coefficient (Wildman–Crippen LogP) is 3.63. The minimum atomic E-state index is -3.17. The zero-order valence-electron chi connectivity index (χ0n) is 14.0. The van der Waals surface area contributed by atoms with Crippen LogP contribution in [0.5, 0.6) is 0 Å². The van der Waals surface area contributed by atoms with E-state index < -0.39 is 9.84 Å². The normalized spacial score (nSPS) is 21.0. The van der Waals surface area contributed by atoms with Gasteiger partial charge < -0.3 is 0 Å². The van der Waals surface area contributed by atoms with Gasteiger partial charge in [-0.3, -0.25) is 0 Å². The van der Waals surface area contributed by atoms with Gasteiger partial charge in [-0.05, 0) is 0 Å². The van der Waals surface area contributed by atoms with Crippen molar-refractivity contribution in [3.05, 3.63) is 60.2 Å². The molecule has 0 bridgehead atoms. The molecule has 2 nitrogen and oxygen atoms in total. The monoisotopic (exact) mass is 408 g/mol. The maximum atomic E-state index is 12.7. The molecule has 2 aromatic carbocycles. The van der Waals surface area contributed by atoms with Gasteiger partial charge in [0, 0.05) is 0 Å². The number of benzene rings is 2. The maximum absolute atomic E-state index is 12.7. The van der Waals surface area contributed by atoms with Gasteiger partial charge in [0.25, 0.3) is 0 Å². The molecule has 24 heavy (non-hydrogen) atoms. The molecule has 0 heterocycles. The van der Waals surface area contributed by atoms with Gasteiger partial charge in [0.1, 0.15) is 0 Å². The van der Waals surface area contributed by atoms with Crippen LogP contribution in [0.25, 0.3) is 0 Å². The van der Waals surface area contributed by atoms with Crippen LogP contribution >= 0.6 is 0 Å². The van der Waals surface area contributed by atoms with Crippen molar-refractivity contribution in [2.45, 2.75) is 36.4 Å². The second kappa shape index (κ2) is 7.86. The first-order valence-corrected chi connectivity index (χ1v) is 12.2. The number of rotatable bonds is 6. The van der Waals surface area contributed by atoms with Crippen LogP contribution in [-0.2, 0) is 9.84 Å². The molecule has 4 heteroatoms. The van der Waals surface area contributed by atoms with Crippen LogP contribution < -0.4 is 4.46 Å². The first-order chi connectivity index (χ1) is 11.5. The summed E-state index contributed by atoms with van der Waals surface area (Å²) in [7, 11) is -3.17. The Labute approximate surface area is 151 Å². The summed E-state index contributed by atoms with van der Waals surface area (Å²) in [5, 5.41) is 1.16. The van der Waals surface area contributed by atoms with Crippen LogP contribution in [0, 0.1) is 18.8 Å². The molecular weight excluding hydrogens is 383 g/mol. The zero-order valence-corrected chi connectivity index (χ0v) is 16.5. The van der Waals surface area contributed by atoms with Gasteiger partial charge in [0.05, 0.1) is 0 Å². The minimum absolute atomic E-state index is 0.311. The molecule has 1 saturated carbocycles. The predicted molar refractivity (Wildman–Crippen MR) is 101 cm³/mol. The summed E-state index contributed by atoms with van der Waals surface area (Å²) < 4.78 is 26.9. The summed E-state index contributed by atoms with van der Waals surface area (Å²) >= 11 is 0.447. The van der Waals surface area contributed by atoms with Crippen molar-refractivity contribution in [3.63, 3.8) is 0 Å². The van der Waals surface area contributed by atoms with Crippen molar-refractivity contribution in [3.8, 4) is 0 Å². The molecule has 1 aliphatic carbocycles. The Balaban J connectivity index is 1.64. The number of hydrogen-bond donors (Lipinski definition) is 0. The van der Waals surface area contributed by atoms with Gasteiger partial charge in [-0.15, -0.1) is 0 Å². The number of aryl methyl sites for hydroxylation is 1. The Kier molecular flexibility index (Phi) is 5.80. The fourth-order valence-electron chi connectivity index (χ4n) is 3.40. The van der Waals surface area contributed by atoms with Crippen LogP contribution in [0.1, 0.15) is 24.8 Å². The molecule has 0 amide bonds. The topological polar surface area (TPSA) is 34.1 Å². The fraction of sp³-hybridized carbons (Fsp3) is 0.400. The molecule has 0 N–H and O–H groups in total. The molecule has 1 aliphatic rings. The summed E-state index contributed by atoms with van der Waals surface area (Å²) in [5.41, 5.74) is 1.10. The molecule has 0 unspecified atom stereocenters. The summed E-state index contributed by atoms with van der Waals surface area (Å²) in [6, 6.07) is 17.9. The molecule has 2 atom stereocenters. The molecule has 0 spiro atoms. The van der Waals surface area contributed by atoms with Gasteiger partial charge in [0.2, 0.25) is 0 Å². The van der Waals surface area contributed by atoms with Gasteiger partial charge in [-0.1, -0.05) is 0 Å². The Morgan fingerprint density at radius 2 is 1.62 bits per heavy atom. The first-order valence-electron chi connectivity index (χ1n) is 8.52. The van der Waals surface area contributed by atoms with E-state index in [0.717, 1.165) is 17.3 Å². The van der Waals surface area contributed by atoms with E-state index in [4.69, 9.17) is 0 Å². The summed E-state index contributed by atoms with van der Waals surface area (Å²) in [4.78, 5) is 0.479. The molecule has 2 aromatic rings. The Morgan fingerprint density at radius 1 is 0.958 bits per heavy atom. The Bertz CT molecular complexity index is 754. The second-order valence-corrected chi connectivity index (χ2v) is 11.0. The fourth-order valence-corrected chi connectivity index (χ4v) is 7.65. The first kappa shape index (κ1) is 17.7. The third-order valence-electron chi connectivity index (χ3n) is 4.84. The van der Waals surface area contributed by atoms with E-state index in [9.17, 15) is 8.42 Å². The van der Waals surface area contributed by atoms with E-state index in [-0.39, 0.29) is 0 Å². The van der Waals surface area contributed by atoms with Crippen molar-refractivity contribution in [2.75, 3.05) is 5.75 Å². The number of hydrogen-bond acceptors (Lipinski definition) is 2. The van der Waals surface area contributed by atoms with Gasteiger partial charge >= 0.3 is 152 Å². The number of sulfone groups is 1. The summed E-state index contributed by atoms with van der Waals surface area (Å²) in [5.74, 6) is 1.19. The van der Waals surface area contributed by atoms with Crippen molar-refractivity contribution in [1.82, 2.24) is 0 Å². The average Bonchev–Trinajstić information content (AvgIpc) is 3.01. The standard InChI is InChI=1S/C20H24O2SSe/c1-16-10-12-19(13-11-16)23(21,22)14-17-6-5-7-18(17)15-24-20-8-3-2-4-9-20/h2-4,8-13,17-18H,5-7,14-15H2,1H3/t17-,18+/m0/s1. The third kappa shape index (κ3) is 4.50. The van der Waals surface area contributed by atoms with Crippen molar-refractivity contribution < 1.29 is 8.42 Å². The van der Waals surface area contributed by atoms with Crippen LogP contribution in [0.2, 0.25) is 5.32 Å². The molecule has 1 fully saturated rings. The summed E-state index contributed by atoms with van der Waals surface area (Å²) in [6.45, 7) is 1.98. The average molecular weight is 407 g/mol. The van der Waals surface area contributed by atoms with Crippen molar-refractivity contribution >= 4 is 29.3 Å². The van der Waals surface area contributed by atoms with Gasteiger partial charge in [-0.25, -0.2) is 0 Å². The van der Waals surface area contributed by atoms with E-state index >= 15 is 0 Å². The van der Waals surface area contributed by atoms with Gasteiger partial charge in [-0.2, -0.15) is 0 Å². The van der Waals surface area contributed by atoms with E-state index in [1.54, 1.807) is 12.1 Å². The Hall–Kier alpha value is -1.09. The van der Waals surface area contributed by atoms with E-state index in [2.05, 4.69) is 24.3 Å². The molecule has 0 radical (unpaired) electrons. The van der Waals surface area contributed by atoms with E-state index in [0.29, 0.717) is 37.4 Å². The second-order valence-electron chi connectivity index (χ2n) is 6.67. The molecular formula is C20H24O2SSe. The van der Waals surface area contributed by atoms with Crippen LogP contribution in [0.4, 0.5) is 0 Å². The molecule has 128 valence electrons. The van der Waals surface area contributed by atoms with Crippen LogP contribution in [0.15, 0.2) is 59.5 Å². The third-order valence-corrected chi connectivity index (χ3v) is 9.21. The van der Waals surface area contributed by atoms with Crippen LogP contribution in [0.3, 0.4) is 0 Å². The van der Waals surface area contributed by atoms with Gasteiger partial charge in [0.15, 0.2) is 0 Å². The van der Waals surface area contributed by atoms with E-state index in [1.165, 1.54) is 17.3 Å². The van der Waals surface area contributed by atoms with Crippen LogP contribution in [-0.4, -0.2) is 29.1 Å². The van der Waals surface area contributed by atoms with Crippen molar-refractivity contribution in [2.24, 2.45) is 11.8 Å². The van der Waals surface area contributed by atoms with E-state index in [1.807, 2.05) is 25.1 Å². The Morgan fingerprint density at radius 3 is 2.33 bits per heavy atom. The molecule has 0 aromatic heterocycles. The molecule has 3 rings (SSSR count). The van der Waals surface area contributed by atoms with Crippen molar-refractivity contribution in [1.29, 1.82) is 0 Å². The SMILES string of the molecule is Cc1ccc(S(=O)(=O)C[C@@H]2CCC[C@@H]2C[Se]c2ccccc2)cc1. The summed E-state index contributed by atoms with van der Waals surface area (Å²) in [6.07, 6.45) is 3.41. The molecule has 0 aliphatic heterocycles.